The van der Waals surface area contributed by atoms with Crippen LogP contribution in [0.4, 0.5) is 0 Å². The number of phenolic OH excluding ortho intramolecular Hbond substituents is 1. The molecule has 0 saturated heterocycles. The van der Waals surface area contributed by atoms with E-state index in [2.05, 4.69) is 33.8 Å². The number of benzene rings is 1. The van der Waals surface area contributed by atoms with Crippen molar-refractivity contribution in [3.05, 3.63) is 35.4 Å². The van der Waals surface area contributed by atoms with Crippen LogP contribution in [0.5, 0.6) is 11.5 Å². The summed E-state index contributed by atoms with van der Waals surface area (Å²) in [6, 6.07) is 5.15. The van der Waals surface area contributed by atoms with Crippen molar-refractivity contribution in [1.29, 1.82) is 0 Å². The van der Waals surface area contributed by atoms with Crippen LogP contribution in [0.1, 0.15) is 65.9 Å². The Labute approximate surface area is 157 Å². The largest absolute Gasteiger partial charge is 0.508 e. The van der Waals surface area contributed by atoms with Gasteiger partial charge in [-0.05, 0) is 85.5 Å². The molecular weight excluding hydrogens is 324 g/mol. The van der Waals surface area contributed by atoms with Gasteiger partial charge in [-0.15, -0.1) is 0 Å². The lowest BCUT2D eigenvalue weighted by Gasteiger charge is -2.58. The van der Waals surface area contributed by atoms with Crippen LogP contribution < -0.4 is 4.74 Å². The van der Waals surface area contributed by atoms with Gasteiger partial charge >= 0.3 is 5.97 Å². The molecule has 0 unspecified atom stereocenters. The second-order valence-electron chi connectivity index (χ2n) is 8.94. The molecule has 2 aliphatic rings. The maximum Gasteiger partial charge on any atom is 0.308 e. The van der Waals surface area contributed by atoms with Crippen molar-refractivity contribution in [2.45, 2.75) is 66.7 Å². The summed E-state index contributed by atoms with van der Waals surface area (Å²) >= 11 is 0. The fourth-order valence-electron chi connectivity index (χ4n) is 5.55. The third kappa shape index (κ3) is 3.17. The van der Waals surface area contributed by atoms with Crippen LogP contribution in [-0.4, -0.2) is 11.1 Å². The predicted octanol–water partition coefficient (Wildman–Crippen LogP) is 5.66. The molecule has 0 bridgehead atoms. The Hall–Kier alpha value is -1.77. The van der Waals surface area contributed by atoms with E-state index >= 15 is 0 Å². The van der Waals surface area contributed by atoms with Crippen LogP contribution in [0, 0.1) is 22.7 Å². The Bertz CT molecular complexity index is 735. The van der Waals surface area contributed by atoms with E-state index in [1.165, 1.54) is 31.8 Å². The van der Waals surface area contributed by atoms with Crippen molar-refractivity contribution in [3.8, 4) is 11.5 Å². The number of ether oxygens (including phenoxy) is 1. The molecule has 0 spiro atoms. The first kappa shape index (κ1) is 19.0. The first-order valence-corrected chi connectivity index (χ1v) is 9.84. The van der Waals surface area contributed by atoms with Gasteiger partial charge in [0.15, 0.2) is 0 Å². The molecule has 0 amide bonds. The lowest BCUT2D eigenvalue weighted by atomic mass is 9.47. The smallest absolute Gasteiger partial charge is 0.308 e. The third-order valence-corrected chi connectivity index (χ3v) is 7.48. The predicted molar refractivity (Wildman–Crippen MR) is 104 cm³/mol. The van der Waals surface area contributed by atoms with Crippen LogP contribution in [0.3, 0.4) is 0 Å². The molecule has 3 heteroatoms. The molecular formula is C23H32O3. The molecule has 0 aromatic heterocycles. The number of hydrogen-bond acceptors (Lipinski definition) is 3. The lowest BCUT2D eigenvalue weighted by Crippen LogP contribution is -2.50. The van der Waals surface area contributed by atoms with Gasteiger partial charge in [0.25, 0.3) is 0 Å². The average molecular weight is 357 g/mol. The van der Waals surface area contributed by atoms with Crippen molar-refractivity contribution in [3.63, 3.8) is 0 Å². The van der Waals surface area contributed by atoms with Crippen molar-refractivity contribution in [2.24, 2.45) is 22.7 Å². The summed E-state index contributed by atoms with van der Waals surface area (Å²) in [5, 5.41) is 10.5. The number of fused-ring (bicyclic) bond motifs is 1. The zero-order valence-corrected chi connectivity index (χ0v) is 16.8. The highest BCUT2D eigenvalue weighted by atomic mass is 16.5. The summed E-state index contributed by atoms with van der Waals surface area (Å²) in [7, 11) is 0. The molecule has 26 heavy (non-hydrogen) atoms. The molecule has 1 aromatic carbocycles. The number of phenols is 1. The van der Waals surface area contributed by atoms with Gasteiger partial charge in [-0.2, -0.15) is 0 Å². The molecule has 2 aliphatic carbocycles. The summed E-state index contributed by atoms with van der Waals surface area (Å²) in [4.78, 5) is 11.3. The van der Waals surface area contributed by atoms with Crippen LogP contribution in [0.2, 0.25) is 0 Å². The Kier molecular flexibility index (Phi) is 4.94. The molecule has 0 aliphatic heterocycles. The monoisotopic (exact) mass is 356 g/mol. The van der Waals surface area contributed by atoms with Crippen molar-refractivity contribution in [2.75, 3.05) is 0 Å². The van der Waals surface area contributed by atoms with Crippen LogP contribution in [0.25, 0.3) is 0 Å². The van der Waals surface area contributed by atoms with Gasteiger partial charge < -0.3 is 9.84 Å². The molecule has 1 saturated carbocycles. The number of rotatable bonds is 3. The van der Waals surface area contributed by atoms with Gasteiger partial charge in [0.05, 0.1) is 0 Å². The van der Waals surface area contributed by atoms with Gasteiger partial charge in [0.2, 0.25) is 0 Å². The summed E-state index contributed by atoms with van der Waals surface area (Å²) in [5.74, 6) is 1.66. The highest BCUT2D eigenvalue weighted by Gasteiger charge is 2.53. The number of carbonyl (C=O) groups excluding carboxylic acids is 1. The van der Waals surface area contributed by atoms with Gasteiger partial charge in [-0.3, -0.25) is 4.79 Å². The van der Waals surface area contributed by atoms with E-state index in [1.54, 1.807) is 12.1 Å². The Balaban J connectivity index is 1.97. The summed E-state index contributed by atoms with van der Waals surface area (Å²) in [5.41, 5.74) is 2.77. The van der Waals surface area contributed by atoms with Gasteiger partial charge in [0, 0.05) is 6.92 Å². The molecule has 0 heterocycles. The minimum absolute atomic E-state index is 0.106. The normalized spacial score (nSPS) is 34.0. The second-order valence-corrected chi connectivity index (χ2v) is 8.94. The molecule has 1 N–H and O–H groups in total. The second kappa shape index (κ2) is 6.75. The summed E-state index contributed by atoms with van der Waals surface area (Å²) < 4.78 is 5.24. The molecule has 1 fully saturated rings. The summed E-state index contributed by atoms with van der Waals surface area (Å²) in [6.45, 7) is 10.9. The number of esters is 1. The van der Waals surface area contributed by atoms with E-state index in [9.17, 15) is 9.90 Å². The maximum atomic E-state index is 11.3. The van der Waals surface area contributed by atoms with E-state index in [1.807, 2.05) is 6.07 Å². The molecule has 142 valence electrons. The van der Waals surface area contributed by atoms with Crippen molar-refractivity contribution >= 4 is 5.97 Å². The number of allylic oxidation sites excluding steroid dienone is 2. The quantitative estimate of drug-likeness (QED) is 0.432. The van der Waals surface area contributed by atoms with E-state index in [0.717, 1.165) is 18.4 Å². The Morgan fingerprint density at radius 1 is 1.31 bits per heavy atom. The van der Waals surface area contributed by atoms with Crippen LogP contribution in [-0.2, 0) is 11.2 Å². The average Bonchev–Trinajstić information content (AvgIpc) is 2.56. The molecule has 1 aromatic rings. The van der Waals surface area contributed by atoms with E-state index in [4.69, 9.17) is 4.74 Å². The third-order valence-electron chi connectivity index (χ3n) is 7.48. The SMILES string of the molecule is CC(=O)Oc1ccc(O)c(C[C@@]2(C)[C@H](C)CC[C@@]3(C)C(C)=CCC[C@H]23)c1. The van der Waals surface area contributed by atoms with Crippen LogP contribution >= 0.6 is 0 Å². The topological polar surface area (TPSA) is 46.5 Å². The minimum Gasteiger partial charge on any atom is -0.508 e. The Morgan fingerprint density at radius 2 is 2.04 bits per heavy atom. The van der Waals surface area contributed by atoms with E-state index in [0.29, 0.717) is 23.3 Å². The number of aromatic hydroxyl groups is 1. The first-order valence-electron chi connectivity index (χ1n) is 9.84. The number of hydrogen-bond donors (Lipinski definition) is 1. The highest BCUT2D eigenvalue weighted by Crippen LogP contribution is 2.61. The fraction of sp³-hybridized carbons (Fsp3) is 0.609. The minimum atomic E-state index is -0.334. The van der Waals surface area contributed by atoms with E-state index in [-0.39, 0.29) is 16.8 Å². The standard InChI is InChI=1S/C23H32O3/c1-15-7-6-8-21-22(15,4)12-11-16(2)23(21,5)14-18-13-19(26-17(3)24)9-10-20(18)25/h7,9-10,13,16,21,25H,6,8,11-12,14H2,1-5H3/t16-,21+,22+,23+/m1/s1. The zero-order chi connectivity index (χ0) is 19.1. The van der Waals surface area contributed by atoms with E-state index < -0.39 is 0 Å². The summed E-state index contributed by atoms with van der Waals surface area (Å²) in [6.07, 6.45) is 8.04. The zero-order valence-electron chi connectivity index (χ0n) is 16.8. The highest BCUT2D eigenvalue weighted by molar-refractivity contribution is 5.69. The Morgan fingerprint density at radius 3 is 2.73 bits per heavy atom. The molecule has 4 atom stereocenters. The number of carbonyl (C=O) groups is 1. The van der Waals surface area contributed by atoms with Crippen LogP contribution in [0.15, 0.2) is 29.8 Å². The van der Waals surface area contributed by atoms with Crippen molar-refractivity contribution < 1.29 is 14.6 Å². The van der Waals surface area contributed by atoms with Gasteiger partial charge in [-0.1, -0.05) is 32.4 Å². The fourth-order valence-corrected chi connectivity index (χ4v) is 5.55. The van der Waals surface area contributed by atoms with Gasteiger partial charge in [0.1, 0.15) is 11.5 Å². The lowest BCUT2D eigenvalue weighted by molar-refractivity contribution is -0.131. The van der Waals surface area contributed by atoms with Crippen molar-refractivity contribution in [1.82, 2.24) is 0 Å². The van der Waals surface area contributed by atoms with Gasteiger partial charge in [-0.25, -0.2) is 0 Å². The molecule has 3 rings (SSSR count). The molecule has 3 nitrogen and oxygen atoms in total. The maximum absolute atomic E-state index is 11.3. The molecule has 0 radical (unpaired) electrons. The first-order chi connectivity index (χ1) is 12.2.